The number of rotatable bonds is 3. The molecule has 0 radical (unpaired) electrons. The molecule has 2 N–H and O–H groups in total. The second-order valence-electron chi connectivity index (χ2n) is 7.84. The Morgan fingerprint density at radius 2 is 1.86 bits per heavy atom. The van der Waals surface area contributed by atoms with E-state index in [0.29, 0.717) is 23.7 Å². The van der Waals surface area contributed by atoms with E-state index in [1.807, 2.05) is 42.5 Å². The molecule has 29 heavy (non-hydrogen) atoms. The van der Waals surface area contributed by atoms with E-state index >= 15 is 0 Å². The number of morpholine rings is 1. The lowest BCUT2D eigenvalue weighted by molar-refractivity contribution is -0.0502. The van der Waals surface area contributed by atoms with E-state index in [0.717, 1.165) is 24.9 Å². The Morgan fingerprint density at radius 1 is 1.07 bits per heavy atom. The number of para-hydroxylation sites is 1. The molecular weight excluding hydrogens is 366 g/mol. The first-order valence-corrected chi connectivity index (χ1v) is 10.0. The highest BCUT2D eigenvalue weighted by Gasteiger charge is 2.38. The summed E-state index contributed by atoms with van der Waals surface area (Å²) in [4.78, 5) is 30.1. The van der Waals surface area contributed by atoms with Gasteiger partial charge in [-0.1, -0.05) is 48.5 Å². The number of hydrogen-bond donors (Lipinski definition) is 2. The smallest absolute Gasteiger partial charge is 0.252 e. The van der Waals surface area contributed by atoms with Gasteiger partial charge in [-0.25, -0.2) is 0 Å². The molecule has 2 saturated heterocycles. The maximum absolute atomic E-state index is 12.9. The summed E-state index contributed by atoms with van der Waals surface area (Å²) < 4.78 is 6.09. The Hall–Kier alpha value is -2.96. The zero-order valence-corrected chi connectivity index (χ0v) is 16.0. The molecule has 6 nitrogen and oxygen atoms in total. The second-order valence-corrected chi connectivity index (χ2v) is 7.84. The number of amides is 1. The molecule has 1 aromatic heterocycles. The first-order chi connectivity index (χ1) is 14.2. The normalized spacial score (nSPS) is 24.3. The molecule has 2 fully saturated rings. The van der Waals surface area contributed by atoms with Crippen molar-refractivity contribution in [2.45, 2.75) is 24.6 Å². The Labute approximate surface area is 168 Å². The summed E-state index contributed by atoms with van der Waals surface area (Å²) in [7, 11) is 0. The molecule has 5 rings (SSSR count). The molecule has 2 aliphatic rings. The van der Waals surface area contributed by atoms with Crippen LogP contribution in [0.5, 0.6) is 0 Å². The number of nitrogens with one attached hydrogen (secondary N) is 2. The molecular formula is C23H23N3O3. The fraction of sp³-hybridized carbons (Fsp3) is 0.304. The van der Waals surface area contributed by atoms with Crippen LogP contribution in [0.3, 0.4) is 0 Å². The van der Waals surface area contributed by atoms with Crippen LogP contribution in [0.15, 0.2) is 65.5 Å². The van der Waals surface area contributed by atoms with Crippen molar-refractivity contribution >= 4 is 16.8 Å². The molecule has 1 amide bonds. The fourth-order valence-corrected chi connectivity index (χ4v) is 4.50. The Balaban J connectivity index is 1.30. The van der Waals surface area contributed by atoms with E-state index in [4.69, 9.17) is 4.74 Å². The third kappa shape index (κ3) is 3.57. The third-order valence-corrected chi connectivity index (χ3v) is 5.92. The monoisotopic (exact) mass is 389 g/mol. The van der Waals surface area contributed by atoms with Gasteiger partial charge < -0.3 is 15.0 Å². The molecule has 148 valence electrons. The summed E-state index contributed by atoms with van der Waals surface area (Å²) in [5.41, 5.74) is 2.02. The van der Waals surface area contributed by atoms with Gasteiger partial charge in [0.2, 0.25) is 5.56 Å². The van der Waals surface area contributed by atoms with E-state index in [1.54, 1.807) is 0 Å². The lowest BCUT2D eigenvalue weighted by atomic mass is 10.1. The average molecular weight is 389 g/mol. The molecule has 3 atom stereocenters. The van der Waals surface area contributed by atoms with E-state index in [2.05, 4.69) is 27.3 Å². The van der Waals surface area contributed by atoms with E-state index in [-0.39, 0.29) is 23.6 Å². The van der Waals surface area contributed by atoms with Crippen LogP contribution in [0, 0.1) is 0 Å². The van der Waals surface area contributed by atoms with Crippen LogP contribution in [0.2, 0.25) is 0 Å². The van der Waals surface area contributed by atoms with Gasteiger partial charge in [-0.2, -0.15) is 0 Å². The van der Waals surface area contributed by atoms with Crippen molar-refractivity contribution in [3.8, 4) is 0 Å². The highest BCUT2D eigenvalue weighted by molar-refractivity contribution is 6.06. The van der Waals surface area contributed by atoms with Crippen LogP contribution in [0.1, 0.15) is 28.4 Å². The van der Waals surface area contributed by atoms with Crippen molar-refractivity contribution in [3.05, 3.63) is 82.1 Å². The molecule has 2 aliphatic heterocycles. The summed E-state index contributed by atoms with van der Waals surface area (Å²) in [6, 6.07) is 19.4. The SMILES string of the molecule is O=C(N[C@@H]1C[C@H]2CO[C@@H](c3ccccc3)CN2C1)c1cc(=O)[nH]c2ccccc12. The van der Waals surface area contributed by atoms with E-state index < -0.39 is 0 Å². The number of fused-ring (bicyclic) bond motifs is 2. The van der Waals surface area contributed by atoms with Gasteiger partial charge in [0, 0.05) is 42.1 Å². The number of carbonyl (C=O) groups is 1. The van der Waals surface area contributed by atoms with Gasteiger partial charge in [-0.3, -0.25) is 14.5 Å². The minimum Gasteiger partial charge on any atom is -0.371 e. The zero-order valence-electron chi connectivity index (χ0n) is 16.0. The molecule has 3 heterocycles. The summed E-state index contributed by atoms with van der Waals surface area (Å²) in [6.45, 7) is 2.29. The molecule has 6 heteroatoms. The highest BCUT2D eigenvalue weighted by Crippen LogP contribution is 2.30. The predicted octanol–water partition coefficient (Wildman–Crippen LogP) is 2.47. The van der Waals surface area contributed by atoms with Crippen LogP contribution >= 0.6 is 0 Å². The highest BCUT2D eigenvalue weighted by atomic mass is 16.5. The maximum Gasteiger partial charge on any atom is 0.252 e. The number of ether oxygens (including phenoxy) is 1. The first-order valence-electron chi connectivity index (χ1n) is 10.0. The number of aromatic amines is 1. The molecule has 2 aromatic carbocycles. The Kier molecular flexibility index (Phi) is 4.66. The van der Waals surface area contributed by atoms with Crippen molar-refractivity contribution in [2.75, 3.05) is 19.7 Å². The molecule has 0 saturated carbocycles. The second kappa shape index (κ2) is 7.46. The molecule has 0 bridgehead atoms. The summed E-state index contributed by atoms with van der Waals surface area (Å²) in [5.74, 6) is -0.197. The van der Waals surface area contributed by atoms with Crippen LogP contribution < -0.4 is 10.9 Å². The molecule has 0 aliphatic carbocycles. The van der Waals surface area contributed by atoms with Gasteiger partial charge in [0.05, 0.1) is 18.3 Å². The van der Waals surface area contributed by atoms with Crippen molar-refractivity contribution in [3.63, 3.8) is 0 Å². The first kappa shape index (κ1) is 18.1. The van der Waals surface area contributed by atoms with Crippen LogP contribution in [0.4, 0.5) is 0 Å². The van der Waals surface area contributed by atoms with E-state index in [9.17, 15) is 9.59 Å². The van der Waals surface area contributed by atoms with Crippen molar-refractivity contribution < 1.29 is 9.53 Å². The number of aromatic nitrogens is 1. The topological polar surface area (TPSA) is 74.4 Å². The van der Waals surface area contributed by atoms with Gasteiger partial charge in [-0.05, 0) is 18.1 Å². The number of benzene rings is 2. The number of hydrogen-bond acceptors (Lipinski definition) is 4. The minimum atomic E-state index is -0.267. The molecule has 0 unspecified atom stereocenters. The Bertz CT molecular complexity index is 1100. The lowest BCUT2D eigenvalue weighted by Gasteiger charge is -2.35. The minimum absolute atomic E-state index is 0.0451. The average Bonchev–Trinajstić information content (AvgIpc) is 3.15. The quantitative estimate of drug-likeness (QED) is 0.722. The van der Waals surface area contributed by atoms with Crippen LogP contribution in [-0.4, -0.2) is 47.6 Å². The lowest BCUT2D eigenvalue weighted by Crippen LogP contribution is -2.43. The number of carbonyl (C=O) groups excluding carboxylic acids is 1. The van der Waals surface area contributed by atoms with Crippen molar-refractivity contribution in [1.29, 1.82) is 0 Å². The van der Waals surface area contributed by atoms with Gasteiger partial charge in [0.15, 0.2) is 0 Å². The van der Waals surface area contributed by atoms with Crippen LogP contribution in [0.25, 0.3) is 10.9 Å². The maximum atomic E-state index is 12.9. The van der Waals surface area contributed by atoms with Gasteiger partial charge in [0.1, 0.15) is 0 Å². The van der Waals surface area contributed by atoms with Crippen molar-refractivity contribution in [2.24, 2.45) is 0 Å². The largest absolute Gasteiger partial charge is 0.371 e. The van der Waals surface area contributed by atoms with E-state index in [1.165, 1.54) is 11.6 Å². The van der Waals surface area contributed by atoms with Crippen LogP contribution in [-0.2, 0) is 4.74 Å². The molecule has 0 spiro atoms. The summed E-state index contributed by atoms with van der Waals surface area (Å²) >= 11 is 0. The number of nitrogens with zero attached hydrogens (tertiary/aromatic N) is 1. The standard InChI is InChI=1S/C23H23N3O3/c27-22-11-19(18-8-4-5-9-20(18)25-22)23(28)24-16-10-17-14-29-21(13-26(17)12-16)15-6-2-1-3-7-15/h1-9,11,16-17,21H,10,12-14H2,(H,24,28)(H,25,27)/t16-,17+,21-/m1/s1. The fourth-order valence-electron chi connectivity index (χ4n) is 4.50. The molecule has 3 aromatic rings. The number of pyridine rings is 1. The van der Waals surface area contributed by atoms with Gasteiger partial charge >= 0.3 is 0 Å². The zero-order chi connectivity index (χ0) is 19.8. The van der Waals surface area contributed by atoms with Gasteiger partial charge in [0.25, 0.3) is 5.91 Å². The summed E-state index contributed by atoms with van der Waals surface area (Å²) in [5, 5.41) is 3.89. The Morgan fingerprint density at radius 3 is 2.72 bits per heavy atom. The predicted molar refractivity (Wildman–Crippen MR) is 111 cm³/mol. The van der Waals surface area contributed by atoms with Gasteiger partial charge in [-0.15, -0.1) is 0 Å². The third-order valence-electron chi connectivity index (χ3n) is 5.92. The summed E-state index contributed by atoms with van der Waals surface area (Å²) in [6.07, 6.45) is 0.924. The van der Waals surface area contributed by atoms with Crippen molar-refractivity contribution in [1.82, 2.24) is 15.2 Å². The number of H-pyrrole nitrogens is 1.